The molecule has 0 saturated carbocycles. The Kier molecular flexibility index (Phi) is 4.36. The van der Waals surface area contributed by atoms with Crippen LogP contribution in [0, 0.1) is 12.3 Å². The van der Waals surface area contributed by atoms with Crippen LogP contribution in [0.25, 0.3) is 0 Å². The normalized spacial score (nSPS) is 14.2. The second kappa shape index (κ2) is 5.55. The SMILES string of the molecule is C#CCN[C@@](C)(COC)c1ccccc1. The predicted octanol–water partition coefficient (Wildman–Crippen LogP) is 1.77. The topological polar surface area (TPSA) is 21.3 Å². The Bertz CT molecular complexity index is 328. The van der Waals surface area contributed by atoms with E-state index >= 15 is 0 Å². The van der Waals surface area contributed by atoms with Crippen molar-refractivity contribution in [3.05, 3.63) is 35.9 Å². The van der Waals surface area contributed by atoms with Gasteiger partial charge in [-0.15, -0.1) is 6.42 Å². The van der Waals surface area contributed by atoms with Gasteiger partial charge in [0.15, 0.2) is 0 Å². The first-order valence-corrected chi connectivity index (χ1v) is 4.96. The first-order chi connectivity index (χ1) is 7.23. The van der Waals surface area contributed by atoms with Crippen molar-refractivity contribution in [1.29, 1.82) is 0 Å². The van der Waals surface area contributed by atoms with Gasteiger partial charge in [0, 0.05) is 7.11 Å². The number of methoxy groups -OCH3 is 1. The molecule has 0 radical (unpaired) electrons. The lowest BCUT2D eigenvalue weighted by molar-refractivity contribution is 0.121. The predicted molar refractivity (Wildman–Crippen MR) is 62.5 cm³/mol. The Balaban J connectivity index is 2.86. The van der Waals surface area contributed by atoms with Gasteiger partial charge in [0.25, 0.3) is 0 Å². The van der Waals surface area contributed by atoms with Gasteiger partial charge in [-0.3, -0.25) is 5.32 Å². The molecule has 0 bridgehead atoms. The van der Waals surface area contributed by atoms with E-state index in [1.165, 1.54) is 5.56 Å². The Morgan fingerprint density at radius 2 is 2.07 bits per heavy atom. The van der Waals surface area contributed by atoms with Crippen molar-refractivity contribution in [2.45, 2.75) is 12.5 Å². The highest BCUT2D eigenvalue weighted by atomic mass is 16.5. The molecule has 0 aliphatic heterocycles. The molecular weight excluding hydrogens is 186 g/mol. The van der Waals surface area contributed by atoms with Gasteiger partial charge in [0.2, 0.25) is 0 Å². The standard InChI is InChI=1S/C13H17NO/c1-4-10-14-13(2,11-15-3)12-8-6-5-7-9-12/h1,5-9,14H,10-11H2,2-3H3/t13-/m0/s1. The third kappa shape index (κ3) is 3.09. The van der Waals surface area contributed by atoms with Crippen LogP contribution >= 0.6 is 0 Å². The first-order valence-electron chi connectivity index (χ1n) is 4.96. The minimum Gasteiger partial charge on any atom is -0.382 e. The monoisotopic (exact) mass is 203 g/mol. The molecule has 0 spiro atoms. The summed E-state index contributed by atoms with van der Waals surface area (Å²) in [4.78, 5) is 0. The summed E-state index contributed by atoms with van der Waals surface area (Å²) in [5, 5.41) is 3.30. The van der Waals surface area contributed by atoms with Gasteiger partial charge in [-0.2, -0.15) is 0 Å². The number of nitrogens with one attached hydrogen (secondary N) is 1. The maximum absolute atomic E-state index is 5.26. The van der Waals surface area contributed by atoms with Crippen LogP contribution in [0.1, 0.15) is 12.5 Å². The molecule has 0 aliphatic rings. The first kappa shape index (κ1) is 11.8. The van der Waals surface area contributed by atoms with E-state index in [1.807, 2.05) is 18.2 Å². The molecule has 2 nitrogen and oxygen atoms in total. The number of rotatable bonds is 5. The molecule has 15 heavy (non-hydrogen) atoms. The van der Waals surface area contributed by atoms with E-state index in [0.717, 1.165) is 0 Å². The van der Waals surface area contributed by atoms with Gasteiger partial charge >= 0.3 is 0 Å². The summed E-state index contributed by atoms with van der Waals surface area (Å²) in [6, 6.07) is 10.2. The molecule has 1 atom stereocenters. The van der Waals surface area contributed by atoms with E-state index in [1.54, 1.807) is 7.11 Å². The molecular formula is C13H17NO. The van der Waals surface area contributed by atoms with Crippen LogP contribution in [0.15, 0.2) is 30.3 Å². The van der Waals surface area contributed by atoms with Crippen LogP contribution in [0.3, 0.4) is 0 Å². The molecule has 80 valence electrons. The Morgan fingerprint density at radius 1 is 1.40 bits per heavy atom. The molecule has 1 aromatic carbocycles. The van der Waals surface area contributed by atoms with Gasteiger partial charge in [0.05, 0.1) is 18.7 Å². The van der Waals surface area contributed by atoms with Crippen LogP contribution in [0.4, 0.5) is 0 Å². The number of terminal acetylenes is 1. The molecule has 0 fully saturated rings. The highest BCUT2D eigenvalue weighted by Crippen LogP contribution is 2.20. The van der Waals surface area contributed by atoms with Gasteiger partial charge in [-0.1, -0.05) is 36.3 Å². The Hall–Kier alpha value is -1.30. The minimum atomic E-state index is -0.220. The largest absolute Gasteiger partial charge is 0.382 e. The van der Waals surface area contributed by atoms with E-state index < -0.39 is 0 Å². The van der Waals surface area contributed by atoms with Gasteiger partial charge in [-0.25, -0.2) is 0 Å². The summed E-state index contributed by atoms with van der Waals surface area (Å²) in [6.07, 6.45) is 5.26. The van der Waals surface area contributed by atoms with Gasteiger partial charge < -0.3 is 4.74 Å². The smallest absolute Gasteiger partial charge is 0.0684 e. The van der Waals surface area contributed by atoms with Gasteiger partial charge in [-0.05, 0) is 12.5 Å². The van der Waals surface area contributed by atoms with Crippen molar-refractivity contribution in [1.82, 2.24) is 5.32 Å². The summed E-state index contributed by atoms with van der Waals surface area (Å²) in [7, 11) is 1.69. The molecule has 2 heteroatoms. The quantitative estimate of drug-likeness (QED) is 0.736. The van der Waals surface area contributed by atoms with Crippen LogP contribution in [-0.4, -0.2) is 20.3 Å². The van der Waals surface area contributed by atoms with E-state index in [4.69, 9.17) is 11.2 Å². The highest BCUT2D eigenvalue weighted by molar-refractivity contribution is 5.24. The lowest BCUT2D eigenvalue weighted by atomic mass is 9.93. The molecule has 1 aromatic rings. The summed E-state index contributed by atoms with van der Waals surface area (Å²) in [6.45, 7) is 3.22. The maximum atomic E-state index is 5.26. The van der Waals surface area contributed by atoms with Crippen LogP contribution < -0.4 is 5.32 Å². The van der Waals surface area contributed by atoms with Crippen molar-refractivity contribution in [2.24, 2.45) is 0 Å². The van der Waals surface area contributed by atoms with Crippen molar-refractivity contribution in [3.8, 4) is 12.3 Å². The van der Waals surface area contributed by atoms with E-state index in [9.17, 15) is 0 Å². The zero-order valence-corrected chi connectivity index (χ0v) is 9.29. The molecule has 0 unspecified atom stereocenters. The van der Waals surface area contributed by atoms with Crippen molar-refractivity contribution < 1.29 is 4.74 Å². The van der Waals surface area contributed by atoms with Crippen LogP contribution in [0.2, 0.25) is 0 Å². The lowest BCUT2D eigenvalue weighted by Crippen LogP contribution is -2.43. The molecule has 0 saturated heterocycles. The summed E-state index contributed by atoms with van der Waals surface area (Å²) < 4.78 is 5.23. The van der Waals surface area contributed by atoms with Gasteiger partial charge in [0.1, 0.15) is 0 Å². The third-order valence-electron chi connectivity index (χ3n) is 2.42. The molecule has 0 aromatic heterocycles. The fraction of sp³-hybridized carbons (Fsp3) is 0.385. The minimum absolute atomic E-state index is 0.220. The average Bonchev–Trinajstić information content (AvgIpc) is 2.28. The summed E-state index contributed by atoms with van der Waals surface area (Å²) in [5.74, 6) is 2.58. The van der Waals surface area contributed by atoms with Crippen molar-refractivity contribution in [2.75, 3.05) is 20.3 Å². The van der Waals surface area contributed by atoms with Crippen molar-refractivity contribution >= 4 is 0 Å². The highest BCUT2D eigenvalue weighted by Gasteiger charge is 2.25. The molecule has 0 aliphatic carbocycles. The molecule has 1 rings (SSSR count). The molecule has 0 amide bonds. The Morgan fingerprint density at radius 3 is 2.60 bits per heavy atom. The van der Waals surface area contributed by atoms with Crippen molar-refractivity contribution in [3.63, 3.8) is 0 Å². The Labute approximate surface area is 91.6 Å². The third-order valence-corrected chi connectivity index (χ3v) is 2.42. The van der Waals surface area contributed by atoms with E-state index in [-0.39, 0.29) is 5.54 Å². The average molecular weight is 203 g/mol. The lowest BCUT2D eigenvalue weighted by Gasteiger charge is -2.30. The van der Waals surface area contributed by atoms with Crippen LogP contribution in [-0.2, 0) is 10.3 Å². The zero-order chi connectivity index (χ0) is 11.1. The molecule has 0 heterocycles. The second-order valence-electron chi connectivity index (χ2n) is 3.69. The maximum Gasteiger partial charge on any atom is 0.0684 e. The number of hydrogen-bond acceptors (Lipinski definition) is 2. The second-order valence-corrected chi connectivity index (χ2v) is 3.69. The fourth-order valence-electron chi connectivity index (χ4n) is 1.58. The zero-order valence-electron chi connectivity index (χ0n) is 9.29. The van der Waals surface area contributed by atoms with E-state index in [0.29, 0.717) is 13.2 Å². The summed E-state index contributed by atoms with van der Waals surface area (Å²) >= 11 is 0. The number of hydrogen-bond donors (Lipinski definition) is 1. The van der Waals surface area contributed by atoms with E-state index in [2.05, 4.69) is 30.3 Å². The number of ether oxygens (including phenoxy) is 1. The number of benzene rings is 1. The summed E-state index contributed by atoms with van der Waals surface area (Å²) in [5.41, 5.74) is 0.963. The fourth-order valence-corrected chi connectivity index (χ4v) is 1.58. The molecule has 1 N–H and O–H groups in total. The van der Waals surface area contributed by atoms with Crippen LogP contribution in [0.5, 0.6) is 0 Å².